The Kier molecular flexibility index (Phi) is 3.01. The van der Waals surface area contributed by atoms with Crippen LogP contribution in [0.15, 0.2) is 16.3 Å². The molecule has 1 aliphatic rings. The molecule has 1 aliphatic heterocycles. The van der Waals surface area contributed by atoms with Crippen molar-refractivity contribution in [1.82, 2.24) is 5.32 Å². The Hall–Kier alpha value is 0.360. The summed E-state index contributed by atoms with van der Waals surface area (Å²) in [4.78, 5) is 2.98. The third kappa shape index (κ3) is 1.66. The number of fused-ring (bicyclic) bond motifs is 1. The van der Waals surface area contributed by atoms with Crippen LogP contribution in [0.3, 0.4) is 0 Å². The second kappa shape index (κ2) is 4.05. The highest BCUT2D eigenvalue weighted by molar-refractivity contribution is 8.00. The van der Waals surface area contributed by atoms with E-state index in [1.807, 2.05) is 34.9 Å². The van der Waals surface area contributed by atoms with E-state index in [0.717, 1.165) is 6.54 Å². The fourth-order valence-electron chi connectivity index (χ4n) is 1.25. The standard InChI is InChI=1S/C8H11NS3/c1-10-8-7-6(2-4-12-7)11-5-3-9-8/h2,4,8-9H,3,5H2,1H3. The zero-order valence-corrected chi connectivity index (χ0v) is 9.32. The normalized spacial score (nSPS) is 23.2. The van der Waals surface area contributed by atoms with E-state index in [9.17, 15) is 0 Å². The molecular formula is C8H11NS3. The molecule has 1 unspecified atom stereocenters. The first kappa shape index (κ1) is 8.94. The molecule has 0 amide bonds. The van der Waals surface area contributed by atoms with Gasteiger partial charge in [-0.3, -0.25) is 0 Å². The van der Waals surface area contributed by atoms with Gasteiger partial charge >= 0.3 is 0 Å². The monoisotopic (exact) mass is 217 g/mol. The summed E-state index contributed by atoms with van der Waals surface area (Å²) in [6.07, 6.45) is 2.16. The van der Waals surface area contributed by atoms with Gasteiger partial charge in [0.25, 0.3) is 0 Å². The highest BCUT2D eigenvalue weighted by Gasteiger charge is 2.18. The van der Waals surface area contributed by atoms with Crippen LogP contribution in [0.5, 0.6) is 0 Å². The highest BCUT2D eigenvalue weighted by Crippen LogP contribution is 2.38. The van der Waals surface area contributed by atoms with Crippen molar-refractivity contribution in [2.75, 3.05) is 18.6 Å². The summed E-state index contributed by atoms with van der Waals surface area (Å²) >= 11 is 5.73. The Labute approximate surface area is 85.3 Å². The molecular weight excluding hydrogens is 206 g/mol. The predicted octanol–water partition coefficient (Wildman–Crippen LogP) is 2.81. The van der Waals surface area contributed by atoms with Crippen molar-refractivity contribution in [3.8, 4) is 0 Å². The van der Waals surface area contributed by atoms with Gasteiger partial charge in [0.2, 0.25) is 0 Å². The molecule has 0 spiro atoms. The van der Waals surface area contributed by atoms with Crippen molar-refractivity contribution in [2.45, 2.75) is 10.3 Å². The van der Waals surface area contributed by atoms with Gasteiger partial charge in [-0.25, -0.2) is 0 Å². The molecule has 1 aromatic rings. The van der Waals surface area contributed by atoms with E-state index >= 15 is 0 Å². The fraction of sp³-hybridized carbons (Fsp3) is 0.500. The average molecular weight is 217 g/mol. The lowest BCUT2D eigenvalue weighted by Crippen LogP contribution is -2.18. The lowest BCUT2D eigenvalue weighted by molar-refractivity contribution is 0.726. The van der Waals surface area contributed by atoms with E-state index in [2.05, 4.69) is 23.0 Å². The largest absolute Gasteiger partial charge is 0.300 e. The van der Waals surface area contributed by atoms with Crippen LogP contribution in [0.2, 0.25) is 0 Å². The minimum absolute atomic E-state index is 0.523. The van der Waals surface area contributed by atoms with Gasteiger partial charge in [0.15, 0.2) is 0 Å². The maximum Gasteiger partial charge on any atom is 0.0891 e. The number of thioether (sulfide) groups is 2. The summed E-state index contributed by atoms with van der Waals surface area (Å²) in [5, 5.41) is 6.24. The summed E-state index contributed by atoms with van der Waals surface area (Å²) < 4.78 is 0. The number of rotatable bonds is 1. The SMILES string of the molecule is CSC1NCCSc2ccsc21. The van der Waals surface area contributed by atoms with Crippen LogP contribution in [0, 0.1) is 0 Å². The molecule has 0 radical (unpaired) electrons. The van der Waals surface area contributed by atoms with E-state index in [-0.39, 0.29) is 0 Å². The van der Waals surface area contributed by atoms with Gasteiger partial charge in [0, 0.05) is 22.1 Å². The summed E-state index contributed by atoms with van der Waals surface area (Å²) in [6, 6.07) is 2.24. The van der Waals surface area contributed by atoms with E-state index in [1.165, 1.54) is 15.5 Å². The second-order valence-corrected chi connectivity index (χ2v) is 5.59. The molecule has 0 fully saturated rings. The minimum atomic E-state index is 0.523. The van der Waals surface area contributed by atoms with Crippen molar-refractivity contribution < 1.29 is 0 Å². The molecule has 1 nitrogen and oxygen atoms in total. The molecule has 1 atom stereocenters. The third-order valence-electron chi connectivity index (χ3n) is 1.82. The number of hydrogen-bond acceptors (Lipinski definition) is 4. The molecule has 0 aliphatic carbocycles. The Morgan fingerprint density at radius 2 is 2.58 bits per heavy atom. The second-order valence-electron chi connectivity index (χ2n) is 2.57. The zero-order chi connectivity index (χ0) is 8.39. The maximum atomic E-state index is 3.53. The highest BCUT2D eigenvalue weighted by atomic mass is 32.2. The van der Waals surface area contributed by atoms with Crippen LogP contribution in [-0.4, -0.2) is 18.6 Å². The number of hydrogen-bond donors (Lipinski definition) is 1. The molecule has 12 heavy (non-hydrogen) atoms. The first-order valence-electron chi connectivity index (χ1n) is 3.88. The van der Waals surface area contributed by atoms with Gasteiger partial charge < -0.3 is 5.32 Å². The van der Waals surface area contributed by atoms with E-state index in [1.54, 1.807) is 0 Å². The van der Waals surface area contributed by atoms with Crippen molar-refractivity contribution in [1.29, 1.82) is 0 Å². The predicted molar refractivity (Wildman–Crippen MR) is 59.3 cm³/mol. The van der Waals surface area contributed by atoms with E-state index in [0.29, 0.717) is 5.37 Å². The first-order chi connectivity index (χ1) is 5.92. The van der Waals surface area contributed by atoms with Crippen LogP contribution in [-0.2, 0) is 0 Å². The molecule has 0 saturated carbocycles. The van der Waals surface area contributed by atoms with E-state index in [4.69, 9.17) is 0 Å². The number of nitrogens with one attached hydrogen (secondary N) is 1. The summed E-state index contributed by atoms with van der Waals surface area (Å²) in [5.41, 5.74) is 0. The van der Waals surface area contributed by atoms with Crippen LogP contribution in [0.4, 0.5) is 0 Å². The minimum Gasteiger partial charge on any atom is -0.300 e. The quantitative estimate of drug-likeness (QED) is 0.777. The van der Waals surface area contributed by atoms with Crippen LogP contribution < -0.4 is 5.32 Å². The van der Waals surface area contributed by atoms with Crippen molar-refractivity contribution >= 4 is 34.9 Å². The Bertz CT molecular complexity index is 259. The molecule has 0 aromatic carbocycles. The van der Waals surface area contributed by atoms with Gasteiger partial charge in [-0.2, -0.15) is 0 Å². The lowest BCUT2D eigenvalue weighted by Gasteiger charge is -2.11. The van der Waals surface area contributed by atoms with Gasteiger partial charge in [-0.1, -0.05) is 0 Å². The summed E-state index contributed by atoms with van der Waals surface area (Å²) in [5.74, 6) is 1.20. The van der Waals surface area contributed by atoms with Crippen molar-refractivity contribution in [3.05, 3.63) is 16.3 Å². The molecule has 0 bridgehead atoms. The fourth-order valence-corrected chi connectivity index (χ4v) is 4.42. The molecule has 4 heteroatoms. The van der Waals surface area contributed by atoms with Crippen molar-refractivity contribution in [3.63, 3.8) is 0 Å². The first-order valence-corrected chi connectivity index (χ1v) is 7.03. The molecule has 1 N–H and O–H groups in total. The van der Waals surface area contributed by atoms with Crippen LogP contribution >= 0.6 is 34.9 Å². The molecule has 1 aromatic heterocycles. The van der Waals surface area contributed by atoms with Gasteiger partial charge in [-0.15, -0.1) is 34.9 Å². The molecule has 2 rings (SSSR count). The molecule has 66 valence electrons. The van der Waals surface area contributed by atoms with Gasteiger partial charge in [-0.05, 0) is 17.7 Å². The number of thiophene rings is 1. The molecule has 2 heterocycles. The Morgan fingerprint density at radius 1 is 1.67 bits per heavy atom. The van der Waals surface area contributed by atoms with Crippen LogP contribution in [0.25, 0.3) is 0 Å². The Morgan fingerprint density at radius 3 is 3.42 bits per heavy atom. The Balaban J connectivity index is 2.29. The average Bonchev–Trinajstić information content (AvgIpc) is 2.46. The summed E-state index contributed by atoms with van der Waals surface area (Å²) in [7, 11) is 0. The van der Waals surface area contributed by atoms with E-state index < -0.39 is 0 Å². The third-order valence-corrected chi connectivity index (χ3v) is 5.03. The molecule has 0 saturated heterocycles. The topological polar surface area (TPSA) is 12.0 Å². The maximum absolute atomic E-state index is 3.53. The summed E-state index contributed by atoms with van der Waals surface area (Å²) in [6.45, 7) is 1.12. The lowest BCUT2D eigenvalue weighted by atomic mass is 10.4. The van der Waals surface area contributed by atoms with Gasteiger partial charge in [0.1, 0.15) is 0 Å². The van der Waals surface area contributed by atoms with Crippen LogP contribution in [0.1, 0.15) is 10.3 Å². The van der Waals surface area contributed by atoms with Gasteiger partial charge in [0.05, 0.1) is 5.37 Å². The smallest absolute Gasteiger partial charge is 0.0891 e. The zero-order valence-electron chi connectivity index (χ0n) is 6.87. The van der Waals surface area contributed by atoms with Crippen molar-refractivity contribution in [2.24, 2.45) is 0 Å².